The number of para-hydroxylation sites is 1. The largest absolute Gasteiger partial charge is 0.418 e. The van der Waals surface area contributed by atoms with Crippen molar-refractivity contribution in [2.75, 3.05) is 16.4 Å². The zero-order valence-electron chi connectivity index (χ0n) is 15.0. The van der Waals surface area contributed by atoms with Gasteiger partial charge in [0.15, 0.2) is 4.34 Å². The van der Waals surface area contributed by atoms with Crippen LogP contribution in [0.15, 0.2) is 46.8 Å². The highest BCUT2D eigenvalue weighted by Gasteiger charge is 2.34. The molecule has 0 fully saturated rings. The lowest BCUT2D eigenvalue weighted by Crippen LogP contribution is -2.18. The van der Waals surface area contributed by atoms with Crippen molar-refractivity contribution in [3.05, 3.63) is 64.4 Å². The Balaban J connectivity index is 1.54. The standard InChI is InChI=1S/C18H13ClF4N4OS2/c19-13-3-1-2-12(18(21,22)23)15(13)25-14(28)9-29-17-27-26-16(30-17)24-8-10-4-6-11(20)7-5-10/h1-7H,8-9H2,(H,24,26)(H,25,28). The van der Waals surface area contributed by atoms with Crippen molar-refractivity contribution >= 4 is 51.4 Å². The van der Waals surface area contributed by atoms with Crippen LogP contribution < -0.4 is 10.6 Å². The van der Waals surface area contributed by atoms with Crippen LogP contribution >= 0.6 is 34.7 Å². The number of nitrogens with one attached hydrogen (secondary N) is 2. The third-order valence-electron chi connectivity index (χ3n) is 3.67. The lowest BCUT2D eigenvalue weighted by molar-refractivity contribution is -0.137. The van der Waals surface area contributed by atoms with E-state index < -0.39 is 23.3 Å². The number of amides is 1. The Labute approximate surface area is 181 Å². The van der Waals surface area contributed by atoms with Crippen LogP contribution in [0.2, 0.25) is 5.02 Å². The van der Waals surface area contributed by atoms with E-state index in [0.717, 1.165) is 29.5 Å². The van der Waals surface area contributed by atoms with Gasteiger partial charge in [-0.2, -0.15) is 13.2 Å². The summed E-state index contributed by atoms with van der Waals surface area (Å²) < 4.78 is 52.6. The molecule has 0 aliphatic heterocycles. The molecule has 0 bridgehead atoms. The average Bonchev–Trinajstić information content (AvgIpc) is 3.14. The minimum absolute atomic E-state index is 0.172. The molecule has 12 heteroatoms. The highest BCUT2D eigenvalue weighted by molar-refractivity contribution is 8.01. The summed E-state index contributed by atoms with van der Waals surface area (Å²) in [6.45, 7) is 0.410. The number of thioether (sulfide) groups is 1. The predicted molar refractivity (Wildman–Crippen MR) is 109 cm³/mol. The Morgan fingerprint density at radius 2 is 1.87 bits per heavy atom. The molecular weight excluding hydrogens is 464 g/mol. The van der Waals surface area contributed by atoms with E-state index in [-0.39, 0.29) is 16.6 Å². The second-order valence-corrected chi connectivity index (χ2v) is 8.46. The van der Waals surface area contributed by atoms with Crippen molar-refractivity contribution in [1.82, 2.24) is 10.2 Å². The fraction of sp³-hybridized carbons (Fsp3) is 0.167. The maximum Gasteiger partial charge on any atom is 0.418 e. The highest BCUT2D eigenvalue weighted by Crippen LogP contribution is 2.38. The van der Waals surface area contributed by atoms with Crippen LogP contribution in [0.4, 0.5) is 28.4 Å². The lowest BCUT2D eigenvalue weighted by atomic mass is 10.1. The molecule has 3 aromatic rings. The van der Waals surface area contributed by atoms with Gasteiger partial charge in [0.25, 0.3) is 0 Å². The molecule has 0 unspecified atom stereocenters. The van der Waals surface area contributed by atoms with Gasteiger partial charge in [0, 0.05) is 6.54 Å². The second kappa shape index (κ2) is 9.63. The average molecular weight is 477 g/mol. The summed E-state index contributed by atoms with van der Waals surface area (Å²) in [7, 11) is 0. The maximum atomic E-state index is 13.1. The van der Waals surface area contributed by atoms with E-state index in [2.05, 4.69) is 20.8 Å². The van der Waals surface area contributed by atoms with Crippen LogP contribution in [0.5, 0.6) is 0 Å². The predicted octanol–water partition coefficient (Wildman–Crippen LogP) is 5.69. The third kappa shape index (κ3) is 6.07. The molecule has 0 aliphatic carbocycles. The van der Waals surface area contributed by atoms with E-state index in [0.29, 0.717) is 16.0 Å². The molecule has 2 N–H and O–H groups in total. The van der Waals surface area contributed by atoms with Gasteiger partial charge in [0.2, 0.25) is 11.0 Å². The van der Waals surface area contributed by atoms with Gasteiger partial charge < -0.3 is 10.6 Å². The minimum Gasteiger partial charge on any atom is -0.356 e. The zero-order chi connectivity index (χ0) is 21.7. The molecule has 0 spiro atoms. The SMILES string of the molecule is O=C(CSc1nnc(NCc2ccc(F)cc2)s1)Nc1c(Cl)cccc1C(F)(F)F. The van der Waals surface area contributed by atoms with Crippen LogP contribution in [0.3, 0.4) is 0 Å². The Kier molecular flexibility index (Phi) is 7.16. The minimum atomic E-state index is -4.65. The number of alkyl halides is 3. The molecular formula is C18H13ClF4N4OS2. The van der Waals surface area contributed by atoms with Gasteiger partial charge in [-0.05, 0) is 29.8 Å². The number of nitrogens with zero attached hydrogens (tertiary/aromatic N) is 2. The Bertz CT molecular complexity index is 1030. The van der Waals surface area contributed by atoms with E-state index in [1.54, 1.807) is 12.1 Å². The molecule has 0 saturated carbocycles. The van der Waals surface area contributed by atoms with Gasteiger partial charge in [0.05, 0.1) is 22.0 Å². The highest BCUT2D eigenvalue weighted by atomic mass is 35.5. The van der Waals surface area contributed by atoms with Gasteiger partial charge in [-0.3, -0.25) is 4.79 Å². The molecule has 158 valence electrons. The first-order valence-corrected chi connectivity index (χ1v) is 10.5. The van der Waals surface area contributed by atoms with Gasteiger partial charge in [0.1, 0.15) is 5.82 Å². The second-order valence-electron chi connectivity index (χ2n) is 5.85. The summed E-state index contributed by atoms with van der Waals surface area (Å²) in [5.74, 6) is -1.16. The normalized spacial score (nSPS) is 11.4. The summed E-state index contributed by atoms with van der Waals surface area (Å²) in [5, 5.41) is 13.4. The van der Waals surface area contributed by atoms with Gasteiger partial charge >= 0.3 is 6.18 Å². The number of aromatic nitrogens is 2. The van der Waals surface area contributed by atoms with E-state index in [1.165, 1.54) is 29.5 Å². The quantitative estimate of drug-likeness (QED) is 0.338. The molecule has 0 radical (unpaired) electrons. The summed E-state index contributed by atoms with van der Waals surface area (Å²) >= 11 is 8.04. The number of rotatable bonds is 7. The lowest BCUT2D eigenvalue weighted by Gasteiger charge is -2.14. The van der Waals surface area contributed by atoms with Crippen LogP contribution in [-0.2, 0) is 17.5 Å². The smallest absolute Gasteiger partial charge is 0.356 e. The first kappa shape index (κ1) is 22.3. The van der Waals surface area contributed by atoms with E-state index in [1.807, 2.05) is 0 Å². The number of carbonyl (C=O) groups excluding carboxylic acids is 1. The van der Waals surface area contributed by atoms with Crippen molar-refractivity contribution in [3.63, 3.8) is 0 Å². The summed E-state index contributed by atoms with van der Waals surface area (Å²) in [4.78, 5) is 12.1. The fourth-order valence-corrected chi connectivity index (χ4v) is 4.08. The Morgan fingerprint density at radius 1 is 1.13 bits per heavy atom. The molecule has 30 heavy (non-hydrogen) atoms. The van der Waals surface area contributed by atoms with Crippen LogP contribution in [0.25, 0.3) is 0 Å². The van der Waals surface area contributed by atoms with E-state index >= 15 is 0 Å². The maximum absolute atomic E-state index is 13.1. The number of hydrogen-bond donors (Lipinski definition) is 2. The first-order valence-electron chi connectivity index (χ1n) is 8.32. The van der Waals surface area contributed by atoms with Crippen molar-refractivity contribution < 1.29 is 22.4 Å². The number of carbonyl (C=O) groups is 1. The molecule has 3 rings (SSSR count). The van der Waals surface area contributed by atoms with Gasteiger partial charge in [-0.25, -0.2) is 4.39 Å². The molecule has 1 amide bonds. The monoisotopic (exact) mass is 476 g/mol. The van der Waals surface area contributed by atoms with Crippen molar-refractivity contribution in [1.29, 1.82) is 0 Å². The molecule has 0 aliphatic rings. The summed E-state index contributed by atoms with van der Waals surface area (Å²) in [6.07, 6.45) is -4.65. The van der Waals surface area contributed by atoms with Crippen molar-refractivity contribution in [3.8, 4) is 0 Å². The molecule has 1 heterocycles. The summed E-state index contributed by atoms with van der Waals surface area (Å²) in [6, 6.07) is 9.24. The molecule has 0 saturated heterocycles. The number of benzene rings is 2. The number of anilines is 2. The number of halogens is 5. The van der Waals surface area contributed by atoms with Crippen LogP contribution in [-0.4, -0.2) is 21.9 Å². The van der Waals surface area contributed by atoms with Crippen LogP contribution in [0.1, 0.15) is 11.1 Å². The molecule has 0 atom stereocenters. The van der Waals surface area contributed by atoms with Crippen molar-refractivity contribution in [2.24, 2.45) is 0 Å². The Hall–Kier alpha value is -2.37. The molecule has 5 nitrogen and oxygen atoms in total. The van der Waals surface area contributed by atoms with Crippen molar-refractivity contribution in [2.45, 2.75) is 17.1 Å². The fourth-order valence-electron chi connectivity index (χ4n) is 2.31. The molecule has 2 aromatic carbocycles. The Morgan fingerprint density at radius 3 is 2.57 bits per heavy atom. The third-order valence-corrected chi connectivity index (χ3v) is 6.00. The summed E-state index contributed by atoms with van der Waals surface area (Å²) in [5.41, 5.74) is -0.645. The topological polar surface area (TPSA) is 66.9 Å². The zero-order valence-corrected chi connectivity index (χ0v) is 17.4. The number of hydrogen-bond acceptors (Lipinski definition) is 6. The van der Waals surface area contributed by atoms with E-state index in [9.17, 15) is 22.4 Å². The molecule has 1 aromatic heterocycles. The van der Waals surface area contributed by atoms with Gasteiger partial charge in [-0.1, -0.05) is 52.9 Å². The van der Waals surface area contributed by atoms with Crippen LogP contribution in [0, 0.1) is 5.82 Å². The van der Waals surface area contributed by atoms with Gasteiger partial charge in [-0.15, -0.1) is 10.2 Å². The first-order chi connectivity index (χ1) is 14.2. The van der Waals surface area contributed by atoms with E-state index in [4.69, 9.17) is 11.6 Å².